The first-order chi connectivity index (χ1) is 7.81. The van der Waals surface area contributed by atoms with Crippen LogP contribution in [0.25, 0.3) is 0 Å². The van der Waals surface area contributed by atoms with Crippen LogP contribution in [0.3, 0.4) is 0 Å². The minimum Gasteiger partial charge on any atom is -0.465 e. The highest BCUT2D eigenvalue weighted by Gasteiger charge is 2.28. The number of ether oxygens (including phenoxy) is 2. The van der Waals surface area contributed by atoms with Crippen molar-refractivity contribution >= 4 is 20.2 Å². The fourth-order valence-corrected chi connectivity index (χ4v) is 2.46. The molecule has 0 bridgehead atoms. The molecule has 0 amide bonds. The van der Waals surface area contributed by atoms with Crippen LogP contribution in [-0.4, -0.2) is 51.0 Å². The number of carbonyl (C=O) groups excluding carboxylic acids is 2. The normalized spacial score (nSPS) is 11.4. The van der Waals surface area contributed by atoms with Crippen molar-refractivity contribution in [1.82, 2.24) is 4.57 Å². The lowest BCUT2D eigenvalue weighted by atomic mass is 10.5. The predicted octanol–water partition coefficient (Wildman–Crippen LogP) is 1.25. The molecule has 0 aromatic heterocycles. The molecule has 17 heavy (non-hydrogen) atoms. The van der Waals surface area contributed by atoms with E-state index in [9.17, 15) is 9.59 Å². The van der Waals surface area contributed by atoms with Gasteiger partial charge in [-0.2, -0.15) is 0 Å². The van der Waals surface area contributed by atoms with Crippen LogP contribution in [0.15, 0.2) is 0 Å². The van der Waals surface area contributed by atoms with Crippen LogP contribution in [0.4, 0.5) is 0 Å². The minimum absolute atomic E-state index is 0.155. The summed E-state index contributed by atoms with van der Waals surface area (Å²) in [4.78, 5) is 22.9. The van der Waals surface area contributed by atoms with Gasteiger partial charge in [0.25, 0.3) is 0 Å². The monoisotopic (exact) mass is 261 g/mol. The molecular weight excluding hydrogens is 238 g/mol. The van der Waals surface area contributed by atoms with Crippen molar-refractivity contribution in [3.8, 4) is 0 Å². The Hall–Kier alpha value is -0.883. The highest BCUT2D eigenvalue weighted by Crippen LogP contribution is 2.09. The number of esters is 2. The quantitative estimate of drug-likeness (QED) is 0.510. The van der Waals surface area contributed by atoms with Gasteiger partial charge in [-0.3, -0.25) is 9.59 Å². The molecule has 0 saturated carbocycles. The number of carbonyl (C=O) groups is 2. The maximum atomic E-state index is 11.4. The summed E-state index contributed by atoms with van der Waals surface area (Å²) in [6, 6.07) is 0. The lowest BCUT2D eigenvalue weighted by molar-refractivity contribution is -0.146. The number of nitrogens with zero attached hydrogens (tertiary/aromatic N) is 1. The fourth-order valence-electron chi connectivity index (χ4n) is 1.26. The molecule has 0 radical (unpaired) electrons. The standard InChI is InChI=1S/C11H23NO4Si/c1-6-15-10(13)8-12(17(3,4)5)9-11(14)16-7-2/h6-9H2,1-5H3. The summed E-state index contributed by atoms with van der Waals surface area (Å²) in [5.74, 6) is -0.585. The van der Waals surface area contributed by atoms with Crippen LogP contribution < -0.4 is 0 Å². The lowest BCUT2D eigenvalue weighted by Crippen LogP contribution is -2.51. The summed E-state index contributed by atoms with van der Waals surface area (Å²) in [7, 11) is -1.74. The summed E-state index contributed by atoms with van der Waals surface area (Å²) in [5, 5.41) is 0. The van der Waals surface area contributed by atoms with E-state index >= 15 is 0 Å². The van der Waals surface area contributed by atoms with E-state index in [1.807, 2.05) is 4.57 Å². The molecule has 0 saturated heterocycles. The molecule has 0 aliphatic carbocycles. The van der Waals surface area contributed by atoms with E-state index in [4.69, 9.17) is 9.47 Å². The zero-order valence-corrected chi connectivity index (χ0v) is 12.4. The van der Waals surface area contributed by atoms with Crippen molar-refractivity contribution in [2.24, 2.45) is 0 Å². The van der Waals surface area contributed by atoms with Gasteiger partial charge in [0.1, 0.15) is 8.24 Å². The molecule has 0 aromatic carbocycles. The van der Waals surface area contributed by atoms with Crippen molar-refractivity contribution in [3.63, 3.8) is 0 Å². The van der Waals surface area contributed by atoms with Gasteiger partial charge in [-0.15, -0.1) is 0 Å². The molecule has 0 fully saturated rings. The Bertz CT molecular complexity index is 243. The summed E-state index contributed by atoms with van der Waals surface area (Å²) < 4.78 is 11.7. The van der Waals surface area contributed by atoms with Crippen LogP contribution in [-0.2, 0) is 19.1 Å². The van der Waals surface area contributed by atoms with Crippen LogP contribution in [0, 0.1) is 0 Å². The van der Waals surface area contributed by atoms with Gasteiger partial charge < -0.3 is 14.0 Å². The zero-order chi connectivity index (χ0) is 13.5. The Kier molecular flexibility index (Phi) is 7.06. The van der Waals surface area contributed by atoms with Gasteiger partial charge in [0, 0.05) is 0 Å². The first kappa shape index (κ1) is 16.1. The topological polar surface area (TPSA) is 55.8 Å². The molecular formula is C11H23NO4Si. The SMILES string of the molecule is CCOC(=O)CN(CC(=O)OCC)[Si](C)(C)C. The van der Waals surface area contributed by atoms with E-state index < -0.39 is 8.24 Å². The van der Waals surface area contributed by atoms with Crippen LogP contribution >= 0.6 is 0 Å². The largest absolute Gasteiger partial charge is 0.465 e. The van der Waals surface area contributed by atoms with Crippen molar-refractivity contribution in [3.05, 3.63) is 0 Å². The van der Waals surface area contributed by atoms with Gasteiger partial charge in [0.15, 0.2) is 0 Å². The van der Waals surface area contributed by atoms with E-state index in [1.165, 1.54) is 0 Å². The number of hydrogen-bond acceptors (Lipinski definition) is 5. The third-order valence-electron chi connectivity index (χ3n) is 2.20. The predicted molar refractivity (Wildman–Crippen MR) is 68.2 cm³/mol. The molecule has 0 aromatic rings. The maximum absolute atomic E-state index is 11.4. The molecule has 0 aliphatic rings. The second kappa shape index (κ2) is 7.44. The van der Waals surface area contributed by atoms with E-state index in [0.29, 0.717) is 13.2 Å². The zero-order valence-electron chi connectivity index (χ0n) is 11.4. The second-order valence-electron chi connectivity index (χ2n) is 4.64. The van der Waals surface area contributed by atoms with Crippen LogP contribution in [0.5, 0.6) is 0 Å². The maximum Gasteiger partial charge on any atom is 0.319 e. The molecule has 0 spiro atoms. The fraction of sp³-hybridized carbons (Fsp3) is 0.818. The van der Waals surface area contributed by atoms with Gasteiger partial charge >= 0.3 is 11.9 Å². The molecule has 0 rings (SSSR count). The van der Waals surface area contributed by atoms with Crippen LogP contribution in [0.1, 0.15) is 13.8 Å². The highest BCUT2D eigenvalue weighted by atomic mass is 28.3. The molecule has 0 heterocycles. The van der Waals surface area contributed by atoms with Crippen molar-refractivity contribution in [2.45, 2.75) is 33.5 Å². The number of rotatable bonds is 7. The van der Waals surface area contributed by atoms with Gasteiger partial charge in [0.2, 0.25) is 0 Å². The van der Waals surface area contributed by atoms with E-state index in [-0.39, 0.29) is 25.0 Å². The molecule has 0 N–H and O–H groups in total. The van der Waals surface area contributed by atoms with Gasteiger partial charge in [0.05, 0.1) is 26.3 Å². The van der Waals surface area contributed by atoms with Crippen molar-refractivity contribution in [2.75, 3.05) is 26.3 Å². The number of hydrogen-bond donors (Lipinski definition) is 0. The average molecular weight is 261 g/mol. The Morgan fingerprint density at radius 1 is 0.941 bits per heavy atom. The van der Waals surface area contributed by atoms with E-state index in [0.717, 1.165) is 0 Å². The molecule has 100 valence electrons. The molecule has 0 unspecified atom stereocenters. The Balaban J connectivity index is 4.45. The van der Waals surface area contributed by atoms with Gasteiger partial charge in [-0.25, -0.2) is 0 Å². The minimum atomic E-state index is -1.74. The first-order valence-corrected chi connectivity index (χ1v) is 9.32. The summed E-state index contributed by atoms with van der Waals surface area (Å²) >= 11 is 0. The van der Waals surface area contributed by atoms with E-state index in [2.05, 4.69) is 19.6 Å². The van der Waals surface area contributed by atoms with Crippen LogP contribution in [0.2, 0.25) is 19.6 Å². The smallest absolute Gasteiger partial charge is 0.319 e. The summed E-state index contributed by atoms with van der Waals surface area (Å²) in [6.07, 6.45) is 0. The summed E-state index contributed by atoms with van der Waals surface area (Å²) in [5.41, 5.74) is 0. The molecule has 6 heteroatoms. The van der Waals surface area contributed by atoms with E-state index in [1.54, 1.807) is 13.8 Å². The van der Waals surface area contributed by atoms with Gasteiger partial charge in [-0.05, 0) is 13.8 Å². The summed E-state index contributed by atoms with van der Waals surface area (Å²) in [6.45, 7) is 10.8. The highest BCUT2D eigenvalue weighted by molar-refractivity contribution is 6.73. The second-order valence-corrected chi connectivity index (χ2v) is 9.61. The molecule has 0 atom stereocenters. The third-order valence-corrected chi connectivity index (χ3v) is 4.41. The third kappa shape index (κ3) is 7.12. The Labute approximate surface area is 104 Å². The molecule has 0 aliphatic heterocycles. The molecule has 5 nitrogen and oxygen atoms in total. The Morgan fingerprint density at radius 3 is 1.53 bits per heavy atom. The van der Waals surface area contributed by atoms with Gasteiger partial charge in [-0.1, -0.05) is 19.6 Å². The van der Waals surface area contributed by atoms with Crippen molar-refractivity contribution in [1.29, 1.82) is 0 Å². The lowest BCUT2D eigenvalue weighted by Gasteiger charge is -2.32. The van der Waals surface area contributed by atoms with Crippen molar-refractivity contribution < 1.29 is 19.1 Å². The Morgan fingerprint density at radius 2 is 1.29 bits per heavy atom. The average Bonchev–Trinajstić information content (AvgIpc) is 2.16. The first-order valence-electron chi connectivity index (χ1n) is 5.87.